The first kappa shape index (κ1) is 11.4. The zero-order chi connectivity index (χ0) is 12.7. The third kappa shape index (κ3) is 1.56. The predicted molar refractivity (Wildman–Crippen MR) is 65.9 cm³/mol. The van der Waals surface area contributed by atoms with Crippen LogP contribution in [-0.4, -0.2) is 41.6 Å². The quantitative estimate of drug-likeness (QED) is 0.439. The molecule has 1 saturated heterocycles. The summed E-state index contributed by atoms with van der Waals surface area (Å²) in [5.41, 5.74) is 1.19. The minimum absolute atomic E-state index is 0.309. The first-order chi connectivity index (χ1) is 8.72. The fourth-order valence-electron chi connectivity index (χ4n) is 2.95. The van der Waals surface area contributed by atoms with Crippen molar-refractivity contribution in [2.45, 2.75) is 25.4 Å². The van der Waals surface area contributed by atoms with Crippen LogP contribution < -0.4 is 10.2 Å². The van der Waals surface area contributed by atoms with Crippen LogP contribution in [0.2, 0.25) is 0 Å². The number of pyridine rings is 1. The summed E-state index contributed by atoms with van der Waals surface area (Å²) in [5, 5.41) is 15.0. The topological polar surface area (TPSA) is 60.8 Å². The van der Waals surface area contributed by atoms with E-state index in [1.54, 1.807) is 0 Å². The van der Waals surface area contributed by atoms with Gasteiger partial charge in [-0.1, -0.05) is 5.16 Å². The SMILES string of the molecule is C[C@@H]1CNC[C@H]2Cc3c(ncc(F)c3C=NO)N21. The third-order valence-electron chi connectivity index (χ3n) is 3.71. The molecule has 0 aliphatic carbocycles. The van der Waals surface area contributed by atoms with E-state index in [2.05, 4.69) is 27.3 Å². The monoisotopic (exact) mass is 250 g/mol. The van der Waals surface area contributed by atoms with Gasteiger partial charge in [0.2, 0.25) is 0 Å². The molecule has 0 radical (unpaired) electrons. The smallest absolute Gasteiger partial charge is 0.150 e. The van der Waals surface area contributed by atoms with Crippen molar-refractivity contribution in [2.24, 2.45) is 5.16 Å². The molecule has 0 saturated carbocycles. The highest BCUT2D eigenvalue weighted by Crippen LogP contribution is 2.35. The molecule has 0 aromatic carbocycles. The van der Waals surface area contributed by atoms with E-state index in [1.165, 1.54) is 6.20 Å². The van der Waals surface area contributed by atoms with Gasteiger partial charge in [0.25, 0.3) is 0 Å². The fourth-order valence-corrected chi connectivity index (χ4v) is 2.95. The molecule has 2 aliphatic rings. The summed E-state index contributed by atoms with van der Waals surface area (Å²) in [5.74, 6) is 0.386. The number of rotatable bonds is 1. The van der Waals surface area contributed by atoms with E-state index in [-0.39, 0.29) is 0 Å². The summed E-state index contributed by atoms with van der Waals surface area (Å²) in [6.07, 6.45) is 3.10. The van der Waals surface area contributed by atoms with Gasteiger partial charge < -0.3 is 15.4 Å². The summed E-state index contributed by atoms with van der Waals surface area (Å²) in [6.45, 7) is 3.90. The summed E-state index contributed by atoms with van der Waals surface area (Å²) < 4.78 is 13.7. The zero-order valence-corrected chi connectivity index (χ0v) is 10.1. The fraction of sp³-hybridized carbons (Fsp3) is 0.500. The van der Waals surface area contributed by atoms with Gasteiger partial charge in [0.1, 0.15) is 5.82 Å². The van der Waals surface area contributed by atoms with Gasteiger partial charge in [0, 0.05) is 36.3 Å². The van der Waals surface area contributed by atoms with Crippen LogP contribution in [0.4, 0.5) is 10.2 Å². The Labute approximate surface area is 104 Å². The number of anilines is 1. The number of oxime groups is 1. The second-order valence-electron chi connectivity index (χ2n) is 4.84. The number of halogens is 1. The van der Waals surface area contributed by atoms with Gasteiger partial charge in [-0.3, -0.25) is 0 Å². The molecule has 0 bridgehead atoms. The van der Waals surface area contributed by atoms with Crippen LogP contribution in [0.3, 0.4) is 0 Å². The van der Waals surface area contributed by atoms with E-state index in [0.29, 0.717) is 17.6 Å². The predicted octanol–water partition coefficient (Wildman–Crippen LogP) is 0.752. The van der Waals surface area contributed by atoms with Crippen LogP contribution in [0, 0.1) is 5.82 Å². The lowest BCUT2D eigenvalue weighted by Gasteiger charge is -2.37. The normalized spacial score (nSPS) is 26.4. The molecule has 0 unspecified atom stereocenters. The first-order valence-corrected chi connectivity index (χ1v) is 6.06. The largest absolute Gasteiger partial charge is 0.411 e. The number of fused-ring (bicyclic) bond motifs is 3. The molecular weight excluding hydrogens is 235 g/mol. The lowest BCUT2D eigenvalue weighted by molar-refractivity contribution is 0.321. The van der Waals surface area contributed by atoms with Gasteiger partial charge in [-0.25, -0.2) is 9.37 Å². The lowest BCUT2D eigenvalue weighted by Crippen LogP contribution is -2.55. The number of nitrogens with one attached hydrogen (secondary N) is 1. The Morgan fingerprint density at radius 2 is 2.44 bits per heavy atom. The highest BCUT2D eigenvalue weighted by Gasteiger charge is 2.37. The molecule has 0 amide bonds. The van der Waals surface area contributed by atoms with Crippen LogP contribution in [0.15, 0.2) is 11.4 Å². The van der Waals surface area contributed by atoms with E-state index in [9.17, 15) is 4.39 Å². The molecule has 5 nitrogen and oxygen atoms in total. The molecule has 18 heavy (non-hydrogen) atoms. The molecule has 3 heterocycles. The first-order valence-electron chi connectivity index (χ1n) is 6.06. The van der Waals surface area contributed by atoms with Crippen LogP contribution in [0.5, 0.6) is 0 Å². The van der Waals surface area contributed by atoms with E-state index in [4.69, 9.17) is 5.21 Å². The number of nitrogens with zero attached hydrogens (tertiary/aromatic N) is 3. The Morgan fingerprint density at radius 1 is 1.61 bits per heavy atom. The van der Waals surface area contributed by atoms with Crippen molar-refractivity contribution < 1.29 is 9.60 Å². The summed E-state index contributed by atoms with van der Waals surface area (Å²) >= 11 is 0. The van der Waals surface area contributed by atoms with Gasteiger partial charge in [-0.05, 0) is 13.3 Å². The minimum Gasteiger partial charge on any atom is -0.411 e. The Morgan fingerprint density at radius 3 is 3.22 bits per heavy atom. The highest BCUT2D eigenvalue weighted by molar-refractivity contribution is 5.85. The molecule has 2 aliphatic heterocycles. The molecule has 1 fully saturated rings. The third-order valence-corrected chi connectivity index (χ3v) is 3.71. The van der Waals surface area contributed by atoms with Gasteiger partial charge in [-0.15, -0.1) is 0 Å². The van der Waals surface area contributed by atoms with Crippen LogP contribution in [-0.2, 0) is 6.42 Å². The Kier molecular flexibility index (Phi) is 2.66. The molecule has 6 heteroatoms. The van der Waals surface area contributed by atoms with Gasteiger partial charge in [0.15, 0.2) is 5.82 Å². The van der Waals surface area contributed by atoms with Gasteiger partial charge in [-0.2, -0.15) is 0 Å². The molecular formula is C12H15FN4O. The molecule has 2 N–H and O–H groups in total. The molecule has 1 aromatic rings. The minimum atomic E-state index is -0.438. The Hall–Kier alpha value is -1.69. The highest BCUT2D eigenvalue weighted by atomic mass is 19.1. The van der Waals surface area contributed by atoms with Crippen molar-refractivity contribution in [2.75, 3.05) is 18.0 Å². The van der Waals surface area contributed by atoms with Crippen LogP contribution >= 0.6 is 0 Å². The van der Waals surface area contributed by atoms with Crippen molar-refractivity contribution in [1.82, 2.24) is 10.3 Å². The second-order valence-corrected chi connectivity index (χ2v) is 4.84. The maximum atomic E-state index is 13.7. The van der Waals surface area contributed by atoms with Crippen molar-refractivity contribution in [1.29, 1.82) is 0 Å². The van der Waals surface area contributed by atoms with E-state index in [0.717, 1.165) is 37.1 Å². The summed E-state index contributed by atoms with van der Waals surface area (Å²) in [7, 11) is 0. The molecule has 96 valence electrons. The lowest BCUT2D eigenvalue weighted by atomic mass is 10.1. The van der Waals surface area contributed by atoms with Crippen molar-refractivity contribution in [3.8, 4) is 0 Å². The average molecular weight is 250 g/mol. The summed E-state index contributed by atoms with van der Waals surface area (Å²) in [6, 6.07) is 0.644. The number of hydrogen-bond acceptors (Lipinski definition) is 5. The number of hydrogen-bond donors (Lipinski definition) is 2. The second kappa shape index (κ2) is 4.20. The van der Waals surface area contributed by atoms with E-state index in [1.807, 2.05) is 0 Å². The van der Waals surface area contributed by atoms with E-state index < -0.39 is 5.82 Å². The van der Waals surface area contributed by atoms with Crippen molar-refractivity contribution in [3.63, 3.8) is 0 Å². The average Bonchev–Trinajstić information content (AvgIpc) is 2.73. The Bertz CT molecular complexity index is 505. The maximum absolute atomic E-state index is 13.7. The van der Waals surface area contributed by atoms with Gasteiger partial charge in [0.05, 0.1) is 12.4 Å². The van der Waals surface area contributed by atoms with Gasteiger partial charge >= 0.3 is 0 Å². The molecule has 3 rings (SSSR count). The Balaban J connectivity index is 2.10. The number of aromatic nitrogens is 1. The number of piperazine rings is 1. The molecule has 1 aromatic heterocycles. The summed E-state index contributed by atoms with van der Waals surface area (Å²) in [4.78, 5) is 6.45. The maximum Gasteiger partial charge on any atom is 0.150 e. The van der Waals surface area contributed by atoms with Crippen LogP contribution in [0.25, 0.3) is 0 Å². The van der Waals surface area contributed by atoms with Crippen LogP contribution in [0.1, 0.15) is 18.1 Å². The standard InChI is InChI=1S/C12H15FN4O/c1-7-3-14-4-8-2-9-10(5-16-18)11(13)6-15-12(9)17(7)8/h5-8,14,18H,2-4H2,1H3/t7-,8-/m1/s1. The van der Waals surface area contributed by atoms with E-state index >= 15 is 0 Å². The molecule has 2 atom stereocenters. The van der Waals surface area contributed by atoms with Crippen molar-refractivity contribution >= 4 is 12.0 Å². The van der Waals surface area contributed by atoms with Crippen molar-refractivity contribution in [3.05, 3.63) is 23.1 Å². The zero-order valence-electron chi connectivity index (χ0n) is 10.1. The molecule has 0 spiro atoms.